The van der Waals surface area contributed by atoms with E-state index < -0.39 is 12.1 Å². The third kappa shape index (κ3) is 5.43. The second-order valence-electron chi connectivity index (χ2n) is 5.64. The molecule has 3 unspecified atom stereocenters. The van der Waals surface area contributed by atoms with Gasteiger partial charge in [-0.15, -0.1) is 12.4 Å². The van der Waals surface area contributed by atoms with Crippen molar-refractivity contribution in [2.45, 2.75) is 32.4 Å². The molecule has 0 aromatic heterocycles. The van der Waals surface area contributed by atoms with Crippen molar-refractivity contribution in [3.8, 4) is 17.2 Å². The molecule has 0 spiro atoms. The third-order valence-corrected chi connectivity index (χ3v) is 3.86. The van der Waals surface area contributed by atoms with Crippen molar-refractivity contribution in [3.05, 3.63) is 18.2 Å². The zero-order valence-corrected chi connectivity index (χ0v) is 14.7. The second-order valence-corrected chi connectivity index (χ2v) is 5.64. The molecule has 136 valence electrons. The first-order valence-corrected chi connectivity index (χ1v) is 7.75. The zero-order valence-electron chi connectivity index (χ0n) is 13.9. The van der Waals surface area contributed by atoms with E-state index in [1.54, 1.807) is 18.2 Å². The molecule has 7 nitrogen and oxygen atoms in total. The first-order chi connectivity index (χ1) is 11.0. The maximum Gasteiger partial charge on any atom is 0.237 e. The Morgan fingerprint density at radius 1 is 1.42 bits per heavy atom. The van der Waals surface area contributed by atoms with E-state index in [1.807, 2.05) is 13.8 Å². The predicted molar refractivity (Wildman–Crippen MR) is 91.8 cm³/mol. The maximum absolute atomic E-state index is 11.8. The van der Waals surface area contributed by atoms with E-state index in [0.717, 1.165) is 6.42 Å². The topological polar surface area (TPSA) is 103 Å². The van der Waals surface area contributed by atoms with Gasteiger partial charge in [-0.05, 0) is 18.1 Å². The number of aliphatic hydroxyl groups excluding tert-OH is 1. The molecular weight excluding hydrogens is 336 g/mol. The Morgan fingerprint density at radius 3 is 2.83 bits per heavy atom. The highest BCUT2D eigenvalue weighted by Crippen LogP contribution is 2.35. The lowest BCUT2D eigenvalue weighted by Crippen LogP contribution is -2.47. The molecule has 0 saturated carbocycles. The number of ether oxygens (including phenoxy) is 3. The molecule has 1 amide bonds. The number of nitrogens with one attached hydrogen (secondary N) is 1. The number of carbonyl (C=O) groups excluding carboxylic acids is 1. The summed E-state index contributed by atoms with van der Waals surface area (Å²) in [5.41, 5.74) is 5.82. The lowest BCUT2D eigenvalue weighted by atomic mass is 9.99. The summed E-state index contributed by atoms with van der Waals surface area (Å²) >= 11 is 0. The summed E-state index contributed by atoms with van der Waals surface area (Å²) in [5.74, 6) is 1.68. The van der Waals surface area contributed by atoms with E-state index in [2.05, 4.69) is 5.32 Å². The monoisotopic (exact) mass is 360 g/mol. The Bertz CT molecular complexity index is 543. The fourth-order valence-electron chi connectivity index (χ4n) is 2.07. The SMILES string of the molecule is CCC(C)C(N)C(=O)NCC(O)COc1ccc2c(c1)OCO2.Cl. The van der Waals surface area contributed by atoms with Crippen LogP contribution < -0.4 is 25.3 Å². The van der Waals surface area contributed by atoms with Gasteiger partial charge in [0.05, 0.1) is 6.04 Å². The lowest BCUT2D eigenvalue weighted by molar-refractivity contribution is -0.123. The van der Waals surface area contributed by atoms with E-state index in [1.165, 1.54) is 0 Å². The largest absolute Gasteiger partial charge is 0.491 e. The molecule has 1 heterocycles. The van der Waals surface area contributed by atoms with Gasteiger partial charge in [-0.3, -0.25) is 4.79 Å². The molecule has 2 rings (SSSR count). The standard InChI is InChI=1S/C16H24N2O5.ClH/c1-3-10(2)15(17)16(20)18-7-11(19)8-21-12-4-5-13-14(6-12)23-9-22-13;/h4-6,10-11,15,19H,3,7-9,17H2,1-2H3,(H,18,20);1H. The summed E-state index contributed by atoms with van der Waals surface area (Å²) in [5, 5.41) is 12.5. The van der Waals surface area contributed by atoms with Crippen LogP contribution in [0, 0.1) is 5.92 Å². The van der Waals surface area contributed by atoms with Crippen LogP contribution in [0.25, 0.3) is 0 Å². The molecule has 3 atom stereocenters. The van der Waals surface area contributed by atoms with Crippen LogP contribution in [0.2, 0.25) is 0 Å². The summed E-state index contributed by atoms with van der Waals surface area (Å²) in [6.45, 7) is 4.24. The van der Waals surface area contributed by atoms with E-state index in [9.17, 15) is 9.90 Å². The molecule has 24 heavy (non-hydrogen) atoms. The highest BCUT2D eigenvalue weighted by Gasteiger charge is 2.20. The smallest absolute Gasteiger partial charge is 0.237 e. The van der Waals surface area contributed by atoms with Crippen molar-refractivity contribution in [1.29, 1.82) is 0 Å². The minimum absolute atomic E-state index is 0. The first kappa shape index (κ1) is 20.3. The van der Waals surface area contributed by atoms with Gasteiger partial charge >= 0.3 is 0 Å². The van der Waals surface area contributed by atoms with E-state index >= 15 is 0 Å². The fourth-order valence-corrected chi connectivity index (χ4v) is 2.07. The third-order valence-electron chi connectivity index (χ3n) is 3.86. The number of nitrogens with two attached hydrogens (primary N) is 1. The van der Waals surface area contributed by atoms with Gasteiger partial charge in [-0.25, -0.2) is 0 Å². The number of halogens is 1. The first-order valence-electron chi connectivity index (χ1n) is 7.75. The van der Waals surface area contributed by atoms with Crippen molar-refractivity contribution in [2.75, 3.05) is 19.9 Å². The van der Waals surface area contributed by atoms with Crippen molar-refractivity contribution in [1.82, 2.24) is 5.32 Å². The van der Waals surface area contributed by atoms with Gasteiger partial charge < -0.3 is 30.4 Å². The van der Waals surface area contributed by atoms with Gasteiger partial charge in [0.15, 0.2) is 11.5 Å². The molecule has 1 aliphatic heterocycles. The number of hydrogen-bond donors (Lipinski definition) is 3. The van der Waals surface area contributed by atoms with E-state index in [4.69, 9.17) is 19.9 Å². The Labute approximate surface area is 147 Å². The minimum atomic E-state index is -0.825. The number of fused-ring (bicyclic) bond motifs is 1. The predicted octanol–water partition coefficient (Wildman–Crippen LogP) is 1.07. The molecule has 4 N–H and O–H groups in total. The van der Waals surface area contributed by atoms with Crippen LogP contribution in [0.4, 0.5) is 0 Å². The van der Waals surface area contributed by atoms with Crippen LogP contribution in [-0.2, 0) is 4.79 Å². The van der Waals surface area contributed by atoms with Crippen molar-refractivity contribution in [2.24, 2.45) is 11.7 Å². The summed E-state index contributed by atoms with van der Waals surface area (Å²) in [6.07, 6.45) is -0.00168. The Kier molecular flexibility index (Phi) is 8.10. The molecule has 1 aliphatic rings. The Hall–Kier alpha value is -1.70. The van der Waals surface area contributed by atoms with Crippen LogP contribution in [0.3, 0.4) is 0 Å². The average Bonchev–Trinajstić information content (AvgIpc) is 3.03. The fraction of sp³-hybridized carbons (Fsp3) is 0.562. The average molecular weight is 361 g/mol. The number of rotatable bonds is 8. The molecule has 8 heteroatoms. The summed E-state index contributed by atoms with van der Waals surface area (Å²) in [6, 6.07) is 4.61. The molecule has 0 saturated heterocycles. The molecule has 0 aliphatic carbocycles. The van der Waals surface area contributed by atoms with Gasteiger partial charge in [0, 0.05) is 12.6 Å². The maximum atomic E-state index is 11.8. The molecule has 1 aromatic rings. The van der Waals surface area contributed by atoms with Gasteiger partial charge in [0.25, 0.3) is 0 Å². The van der Waals surface area contributed by atoms with E-state index in [-0.39, 0.29) is 44.2 Å². The Balaban J connectivity index is 0.00000288. The van der Waals surface area contributed by atoms with Crippen molar-refractivity contribution >= 4 is 18.3 Å². The molecule has 1 aromatic carbocycles. The quantitative estimate of drug-likeness (QED) is 0.640. The van der Waals surface area contributed by atoms with Crippen LogP contribution >= 0.6 is 12.4 Å². The van der Waals surface area contributed by atoms with E-state index in [0.29, 0.717) is 17.2 Å². The van der Waals surface area contributed by atoms with Gasteiger partial charge in [-0.2, -0.15) is 0 Å². The number of aliphatic hydroxyl groups is 1. The highest BCUT2D eigenvalue weighted by atomic mass is 35.5. The number of amides is 1. The minimum Gasteiger partial charge on any atom is -0.491 e. The van der Waals surface area contributed by atoms with Gasteiger partial charge in [0.2, 0.25) is 12.7 Å². The molecule has 0 bridgehead atoms. The van der Waals surface area contributed by atoms with Crippen LogP contribution in [0.5, 0.6) is 17.2 Å². The zero-order chi connectivity index (χ0) is 16.8. The summed E-state index contributed by atoms with van der Waals surface area (Å²) in [4.78, 5) is 11.8. The summed E-state index contributed by atoms with van der Waals surface area (Å²) < 4.78 is 15.9. The molecule has 0 radical (unpaired) electrons. The molecular formula is C16H25ClN2O5. The van der Waals surface area contributed by atoms with Gasteiger partial charge in [-0.1, -0.05) is 20.3 Å². The van der Waals surface area contributed by atoms with Crippen molar-refractivity contribution in [3.63, 3.8) is 0 Å². The van der Waals surface area contributed by atoms with Crippen LogP contribution in [-0.4, -0.2) is 43.1 Å². The van der Waals surface area contributed by atoms with Gasteiger partial charge in [0.1, 0.15) is 18.5 Å². The molecule has 0 fully saturated rings. The Morgan fingerprint density at radius 2 is 2.12 bits per heavy atom. The lowest BCUT2D eigenvalue weighted by Gasteiger charge is -2.19. The summed E-state index contributed by atoms with van der Waals surface area (Å²) in [7, 11) is 0. The second kappa shape index (κ2) is 9.56. The van der Waals surface area contributed by atoms with Crippen LogP contribution in [0.1, 0.15) is 20.3 Å². The van der Waals surface area contributed by atoms with Crippen LogP contribution in [0.15, 0.2) is 18.2 Å². The number of carbonyl (C=O) groups is 1. The number of benzene rings is 1. The highest BCUT2D eigenvalue weighted by molar-refractivity contribution is 5.85. The van der Waals surface area contributed by atoms with Crippen molar-refractivity contribution < 1.29 is 24.1 Å². The number of hydrogen-bond acceptors (Lipinski definition) is 6. The normalized spacial score (nSPS) is 15.8.